The standard InChI is InChI=1S/C20H21F2N3O3.C9H9NO2/c1-23-6-7-27-19-11-16-13(10-18(19)26-3)17(4-5-25-16)28-20-14(21)8-12(24-2)9-15(20)22;11-6-7-5-10-4-3-9(7)12-8-1-2-8/h4-5,8-11,23-24H,6-7H2,1-3H3;3-6,8H,1-2H2. The zero-order valence-corrected chi connectivity index (χ0v) is 22.4. The van der Waals surface area contributed by atoms with Crippen molar-refractivity contribution in [2.75, 3.05) is 39.7 Å². The van der Waals surface area contributed by atoms with Gasteiger partial charge in [0, 0.05) is 61.5 Å². The van der Waals surface area contributed by atoms with Crippen LogP contribution >= 0.6 is 0 Å². The molecule has 1 aliphatic carbocycles. The molecule has 0 atom stereocenters. The fourth-order valence-electron chi connectivity index (χ4n) is 3.62. The Morgan fingerprint density at radius 1 is 1.00 bits per heavy atom. The molecule has 40 heavy (non-hydrogen) atoms. The monoisotopic (exact) mass is 552 g/mol. The summed E-state index contributed by atoms with van der Waals surface area (Å²) >= 11 is 0. The molecular formula is C29H30F2N4O5. The van der Waals surface area contributed by atoms with E-state index in [2.05, 4.69) is 20.6 Å². The van der Waals surface area contributed by atoms with Crippen LogP contribution in [-0.4, -0.2) is 56.7 Å². The number of likely N-dealkylation sites (N-methyl/N-ethyl adjacent to an activating group) is 1. The Bertz CT molecular complexity index is 1440. The molecular weight excluding hydrogens is 522 g/mol. The molecule has 0 saturated heterocycles. The second kappa shape index (κ2) is 13.5. The van der Waals surface area contributed by atoms with Gasteiger partial charge >= 0.3 is 0 Å². The van der Waals surface area contributed by atoms with E-state index in [9.17, 15) is 13.6 Å². The lowest BCUT2D eigenvalue weighted by Crippen LogP contribution is -2.16. The molecule has 0 unspecified atom stereocenters. The smallest absolute Gasteiger partial charge is 0.198 e. The van der Waals surface area contributed by atoms with Crippen LogP contribution in [0.3, 0.4) is 0 Å². The van der Waals surface area contributed by atoms with Crippen LogP contribution in [0.2, 0.25) is 0 Å². The molecule has 1 fully saturated rings. The normalized spacial score (nSPS) is 12.2. The fraction of sp³-hybridized carbons (Fsp3) is 0.276. The second-order valence-electron chi connectivity index (χ2n) is 8.75. The summed E-state index contributed by atoms with van der Waals surface area (Å²) in [4.78, 5) is 18.6. The lowest BCUT2D eigenvalue weighted by molar-refractivity contribution is 0.111. The van der Waals surface area contributed by atoms with Gasteiger partial charge in [-0.2, -0.15) is 0 Å². The summed E-state index contributed by atoms with van der Waals surface area (Å²) in [6, 6.07) is 8.96. The first-order valence-corrected chi connectivity index (χ1v) is 12.6. The molecule has 210 valence electrons. The number of carbonyl (C=O) groups is 1. The number of aromatic nitrogens is 2. The van der Waals surface area contributed by atoms with Crippen LogP contribution in [-0.2, 0) is 0 Å². The number of benzene rings is 2. The first-order valence-electron chi connectivity index (χ1n) is 12.6. The van der Waals surface area contributed by atoms with E-state index >= 15 is 0 Å². The number of nitrogens with zero attached hydrogens (tertiary/aromatic N) is 2. The molecule has 0 spiro atoms. The topological polar surface area (TPSA) is 104 Å². The molecule has 1 aliphatic rings. The maximum absolute atomic E-state index is 14.3. The largest absolute Gasteiger partial charge is 0.493 e. The van der Waals surface area contributed by atoms with Crippen molar-refractivity contribution in [3.8, 4) is 28.7 Å². The average molecular weight is 553 g/mol. The number of ether oxygens (including phenoxy) is 4. The number of pyridine rings is 2. The van der Waals surface area contributed by atoms with E-state index in [-0.39, 0.29) is 5.75 Å². The molecule has 9 nitrogen and oxygen atoms in total. The summed E-state index contributed by atoms with van der Waals surface area (Å²) in [5.74, 6) is -0.220. The minimum absolute atomic E-state index is 0.250. The van der Waals surface area contributed by atoms with Crippen molar-refractivity contribution < 1.29 is 32.5 Å². The molecule has 0 radical (unpaired) electrons. The lowest BCUT2D eigenvalue weighted by atomic mass is 10.1. The molecule has 0 bridgehead atoms. The van der Waals surface area contributed by atoms with Crippen molar-refractivity contribution in [3.05, 3.63) is 72.2 Å². The zero-order chi connectivity index (χ0) is 28.5. The van der Waals surface area contributed by atoms with Crippen molar-refractivity contribution in [3.63, 3.8) is 0 Å². The number of rotatable bonds is 11. The molecule has 5 rings (SSSR count). The van der Waals surface area contributed by atoms with Crippen molar-refractivity contribution in [2.24, 2.45) is 0 Å². The van der Waals surface area contributed by atoms with Crippen molar-refractivity contribution in [1.29, 1.82) is 0 Å². The Morgan fingerprint density at radius 2 is 1.75 bits per heavy atom. The van der Waals surface area contributed by atoms with Gasteiger partial charge in [-0.1, -0.05) is 0 Å². The molecule has 2 heterocycles. The molecule has 11 heteroatoms. The van der Waals surface area contributed by atoms with Crippen LogP contribution in [0.4, 0.5) is 14.5 Å². The Hall–Kier alpha value is -4.51. The Labute approximate surface area is 230 Å². The number of methoxy groups -OCH3 is 1. The maximum Gasteiger partial charge on any atom is 0.198 e. The third-order valence-corrected chi connectivity index (χ3v) is 5.85. The Balaban J connectivity index is 0.000000255. The van der Waals surface area contributed by atoms with Crippen molar-refractivity contribution in [1.82, 2.24) is 15.3 Å². The van der Waals surface area contributed by atoms with Gasteiger partial charge in [-0.3, -0.25) is 14.8 Å². The van der Waals surface area contributed by atoms with Gasteiger partial charge in [-0.05, 0) is 38.1 Å². The van der Waals surface area contributed by atoms with Crippen LogP contribution in [0, 0.1) is 11.6 Å². The third-order valence-electron chi connectivity index (χ3n) is 5.85. The highest BCUT2D eigenvalue weighted by molar-refractivity contribution is 5.88. The van der Waals surface area contributed by atoms with Gasteiger partial charge in [0.05, 0.1) is 24.3 Å². The number of aldehydes is 1. The number of anilines is 1. The average Bonchev–Trinajstić information content (AvgIpc) is 3.79. The molecule has 0 aliphatic heterocycles. The van der Waals surface area contributed by atoms with Gasteiger partial charge < -0.3 is 29.6 Å². The molecule has 2 N–H and O–H groups in total. The predicted molar refractivity (Wildman–Crippen MR) is 147 cm³/mol. The molecule has 0 amide bonds. The number of halogens is 2. The molecule has 4 aromatic rings. The summed E-state index contributed by atoms with van der Waals surface area (Å²) in [5.41, 5.74) is 1.39. The van der Waals surface area contributed by atoms with E-state index < -0.39 is 17.4 Å². The number of nitrogens with one attached hydrogen (secondary N) is 2. The summed E-state index contributed by atoms with van der Waals surface area (Å²) in [6.45, 7) is 1.11. The summed E-state index contributed by atoms with van der Waals surface area (Å²) in [6.07, 6.45) is 7.94. The van der Waals surface area contributed by atoms with Gasteiger partial charge in [0.2, 0.25) is 0 Å². The fourth-order valence-corrected chi connectivity index (χ4v) is 3.62. The van der Waals surface area contributed by atoms with Crippen molar-refractivity contribution in [2.45, 2.75) is 18.9 Å². The Morgan fingerprint density at radius 3 is 2.40 bits per heavy atom. The van der Waals surface area contributed by atoms with Gasteiger partial charge in [0.1, 0.15) is 18.1 Å². The predicted octanol–water partition coefficient (Wildman–Crippen LogP) is 5.39. The van der Waals surface area contributed by atoms with E-state index in [1.165, 1.54) is 25.6 Å². The second-order valence-corrected chi connectivity index (χ2v) is 8.75. The van der Waals surface area contributed by atoms with E-state index in [1.807, 2.05) is 7.05 Å². The number of hydrogen-bond donors (Lipinski definition) is 2. The third kappa shape index (κ3) is 7.11. The van der Waals surface area contributed by atoms with E-state index in [0.29, 0.717) is 58.7 Å². The minimum Gasteiger partial charge on any atom is -0.493 e. The number of hydrogen-bond acceptors (Lipinski definition) is 9. The van der Waals surface area contributed by atoms with Crippen LogP contribution in [0.25, 0.3) is 10.9 Å². The Kier molecular flexibility index (Phi) is 9.63. The number of carbonyl (C=O) groups excluding carboxylic acids is 1. The number of fused-ring (bicyclic) bond motifs is 1. The van der Waals surface area contributed by atoms with E-state index in [0.717, 1.165) is 31.3 Å². The highest BCUT2D eigenvalue weighted by Crippen LogP contribution is 2.38. The zero-order valence-electron chi connectivity index (χ0n) is 22.4. The highest BCUT2D eigenvalue weighted by atomic mass is 19.1. The minimum atomic E-state index is -0.812. The van der Waals surface area contributed by atoms with E-state index in [1.54, 1.807) is 31.4 Å². The lowest BCUT2D eigenvalue weighted by Gasteiger charge is -2.14. The van der Waals surface area contributed by atoms with Gasteiger partial charge in [-0.25, -0.2) is 8.78 Å². The molecule has 1 saturated carbocycles. The van der Waals surface area contributed by atoms with Crippen LogP contribution in [0.5, 0.6) is 28.7 Å². The van der Waals surface area contributed by atoms with Crippen LogP contribution < -0.4 is 29.6 Å². The summed E-state index contributed by atoms with van der Waals surface area (Å²) < 4.78 is 50.7. The van der Waals surface area contributed by atoms with Gasteiger partial charge in [0.25, 0.3) is 0 Å². The SMILES string of the molecule is CNCCOc1cc2nccc(Oc3c(F)cc(NC)cc3F)c2cc1OC.O=Cc1cnccc1OC1CC1. The molecule has 2 aromatic heterocycles. The first-order chi connectivity index (χ1) is 19.5. The highest BCUT2D eigenvalue weighted by Gasteiger charge is 2.24. The quantitative estimate of drug-likeness (QED) is 0.187. The van der Waals surface area contributed by atoms with E-state index in [4.69, 9.17) is 18.9 Å². The summed E-state index contributed by atoms with van der Waals surface area (Å²) in [5, 5.41) is 6.22. The van der Waals surface area contributed by atoms with Gasteiger partial charge in [-0.15, -0.1) is 0 Å². The van der Waals surface area contributed by atoms with Crippen LogP contribution in [0.15, 0.2) is 55.0 Å². The molecule has 2 aromatic carbocycles. The van der Waals surface area contributed by atoms with Gasteiger partial charge in [0.15, 0.2) is 35.2 Å². The maximum atomic E-state index is 14.3. The van der Waals surface area contributed by atoms with Crippen LogP contribution in [0.1, 0.15) is 23.2 Å². The van der Waals surface area contributed by atoms with Crippen molar-refractivity contribution >= 4 is 22.9 Å². The summed E-state index contributed by atoms with van der Waals surface area (Å²) in [7, 11) is 4.92. The first kappa shape index (κ1) is 28.5.